The average molecular weight is 281 g/mol. The highest BCUT2D eigenvalue weighted by molar-refractivity contribution is 7.99. The van der Waals surface area contributed by atoms with Gasteiger partial charge in [-0.2, -0.15) is 16.7 Å². The smallest absolute Gasteiger partial charge is 0.243 e. The van der Waals surface area contributed by atoms with Gasteiger partial charge in [0, 0.05) is 23.6 Å². The summed E-state index contributed by atoms with van der Waals surface area (Å²) in [6, 6.07) is -0.296. The molecule has 0 radical (unpaired) electrons. The van der Waals surface area contributed by atoms with E-state index in [0.717, 1.165) is 17.9 Å². The lowest BCUT2D eigenvalue weighted by Crippen LogP contribution is -2.14. The van der Waals surface area contributed by atoms with Crippen molar-refractivity contribution in [1.29, 1.82) is 0 Å². The molecule has 7 heteroatoms. The van der Waals surface area contributed by atoms with Crippen molar-refractivity contribution in [3.8, 4) is 0 Å². The first-order chi connectivity index (χ1) is 9.19. The highest BCUT2D eigenvalue weighted by atomic mass is 32.2. The summed E-state index contributed by atoms with van der Waals surface area (Å²) in [7, 11) is 0. The number of imidazole rings is 1. The molecule has 2 heterocycles. The lowest BCUT2D eigenvalue weighted by atomic mass is 10.2. The highest BCUT2D eigenvalue weighted by Gasteiger charge is 2.16. The first-order valence-electron chi connectivity index (χ1n) is 6.36. The Morgan fingerprint density at radius 3 is 3.05 bits per heavy atom. The van der Waals surface area contributed by atoms with Crippen LogP contribution in [-0.4, -0.2) is 25.4 Å². The van der Waals surface area contributed by atoms with Gasteiger partial charge in [0.25, 0.3) is 0 Å². The molecule has 3 N–H and O–H groups in total. The van der Waals surface area contributed by atoms with Gasteiger partial charge < -0.3 is 15.2 Å². The van der Waals surface area contributed by atoms with Gasteiger partial charge in [-0.15, -0.1) is 0 Å². The number of nitrogens with two attached hydrogens (primary N) is 1. The van der Waals surface area contributed by atoms with E-state index in [0.29, 0.717) is 23.4 Å². The van der Waals surface area contributed by atoms with Crippen LogP contribution in [0.1, 0.15) is 43.7 Å². The second-order valence-corrected chi connectivity index (χ2v) is 5.89. The Balaban J connectivity index is 1.89. The molecule has 2 atom stereocenters. The predicted octanol–water partition coefficient (Wildman–Crippen LogP) is 2.07. The number of hydrogen-bond acceptors (Lipinski definition) is 6. The molecule has 0 amide bonds. The second kappa shape index (κ2) is 6.72. The lowest BCUT2D eigenvalue weighted by Gasteiger charge is -2.05. The monoisotopic (exact) mass is 281 g/mol. The summed E-state index contributed by atoms with van der Waals surface area (Å²) in [6.45, 7) is 4.36. The molecule has 0 saturated carbocycles. The van der Waals surface area contributed by atoms with Gasteiger partial charge in [-0.05, 0) is 6.42 Å². The number of H-pyrrole nitrogens is 1. The van der Waals surface area contributed by atoms with Crippen molar-refractivity contribution in [2.24, 2.45) is 5.73 Å². The van der Waals surface area contributed by atoms with Crippen molar-refractivity contribution < 1.29 is 4.52 Å². The van der Waals surface area contributed by atoms with Crippen molar-refractivity contribution in [2.45, 2.75) is 43.7 Å². The van der Waals surface area contributed by atoms with E-state index in [4.69, 9.17) is 10.3 Å². The summed E-state index contributed by atoms with van der Waals surface area (Å²) < 4.78 is 5.21. The van der Waals surface area contributed by atoms with Crippen molar-refractivity contribution >= 4 is 11.8 Å². The van der Waals surface area contributed by atoms with Gasteiger partial charge in [0.1, 0.15) is 0 Å². The molecule has 0 aliphatic heterocycles. The Bertz CT molecular complexity index is 484. The van der Waals surface area contributed by atoms with Crippen LogP contribution in [0.4, 0.5) is 0 Å². The number of thioether (sulfide) groups is 1. The van der Waals surface area contributed by atoms with Gasteiger partial charge >= 0.3 is 0 Å². The molecule has 0 saturated heterocycles. The Kier molecular flexibility index (Phi) is 4.98. The fourth-order valence-corrected chi connectivity index (χ4v) is 2.32. The zero-order valence-electron chi connectivity index (χ0n) is 11.2. The summed E-state index contributed by atoms with van der Waals surface area (Å²) >= 11 is 1.82. The molecule has 0 aliphatic rings. The molecule has 0 bridgehead atoms. The van der Waals surface area contributed by atoms with Gasteiger partial charge in [-0.25, -0.2) is 4.98 Å². The zero-order chi connectivity index (χ0) is 13.7. The van der Waals surface area contributed by atoms with Gasteiger partial charge in [-0.1, -0.05) is 19.0 Å². The molecule has 2 aromatic heterocycles. The van der Waals surface area contributed by atoms with E-state index in [1.807, 2.05) is 11.8 Å². The Hall–Kier alpha value is -1.34. The summed E-state index contributed by atoms with van der Waals surface area (Å²) in [6.07, 6.45) is 5.12. The first-order valence-corrected chi connectivity index (χ1v) is 7.40. The standard InChI is InChI=1S/C12H19N5OS/c1-3-8(2)19-6-11-16-12(18-17-11)10(13)4-9-5-14-7-15-9/h5,7-8,10H,3-4,6,13H2,1-2H3,(H,14,15)/t8?,10-/m0/s1. The quantitative estimate of drug-likeness (QED) is 0.807. The maximum atomic E-state index is 6.03. The molecular formula is C12H19N5OS. The summed E-state index contributed by atoms with van der Waals surface area (Å²) in [5, 5.41) is 4.56. The molecular weight excluding hydrogens is 262 g/mol. The Morgan fingerprint density at radius 1 is 1.53 bits per heavy atom. The molecule has 1 unspecified atom stereocenters. The van der Waals surface area contributed by atoms with Gasteiger partial charge in [-0.3, -0.25) is 0 Å². The maximum Gasteiger partial charge on any atom is 0.243 e. The first kappa shape index (κ1) is 14.1. The van der Waals surface area contributed by atoms with Crippen LogP contribution in [-0.2, 0) is 12.2 Å². The number of nitrogens with one attached hydrogen (secondary N) is 1. The lowest BCUT2D eigenvalue weighted by molar-refractivity contribution is 0.350. The largest absolute Gasteiger partial charge is 0.348 e. The third-order valence-corrected chi connectivity index (χ3v) is 4.19. The van der Waals surface area contributed by atoms with Crippen molar-refractivity contribution in [3.05, 3.63) is 29.9 Å². The van der Waals surface area contributed by atoms with Crippen LogP contribution in [0, 0.1) is 0 Å². The van der Waals surface area contributed by atoms with Crippen LogP contribution in [0.2, 0.25) is 0 Å². The molecule has 2 aromatic rings. The summed E-state index contributed by atoms with van der Waals surface area (Å²) in [5.74, 6) is 1.95. The van der Waals surface area contributed by atoms with Gasteiger partial charge in [0.2, 0.25) is 5.89 Å². The highest BCUT2D eigenvalue weighted by Crippen LogP contribution is 2.19. The molecule has 6 nitrogen and oxygen atoms in total. The fraction of sp³-hybridized carbons (Fsp3) is 0.583. The number of nitrogens with zero attached hydrogens (tertiary/aromatic N) is 3. The zero-order valence-corrected chi connectivity index (χ0v) is 12.0. The third kappa shape index (κ3) is 4.07. The van der Waals surface area contributed by atoms with Gasteiger partial charge in [0.05, 0.1) is 18.1 Å². The van der Waals surface area contributed by atoms with Crippen molar-refractivity contribution in [2.75, 3.05) is 0 Å². The molecule has 0 spiro atoms. The van der Waals surface area contributed by atoms with Crippen LogP contribution in [0.3, 0.4) is 0 Å². The molecule has 2 rings (SSSR count). The minimum atomic E-state index is -0.296. The number of rotatable bonds is 7. The number of aromatic amines is 1. The molecule has 0 aliphatic carbocycles. The predicted molar refractivity (Wildman–Crippen MR) is 74.6 cm³/mol. The number of aromatic nitrogens is 4. The van der Waals surface area contributed by atoms with Crippen LogP contribution in [0.5, 0.6) is 0 Å². The van der Waals surface area contributed by atoms with Crippen LogP contribution < -0.4 is 5.73 Å². The Labute approximate surface area is 116 Å². The normalized spacial score (nSPS) is 14.5. The van der Waals surface area contributed by atoms with Crippen LogP contribution in [0.25, 0.3) is 0 Å². The minimum absolute atomic E-state index is 0.296. The van der Waals surface area contributed by atoms with Gasteiger partial charge in [0.15, 0.2) is 5.82 Å². The van der Waals surface area contributed by atoms with E-state index in [2.05, 4.69) is 34.0 Å². The summed E-state index contributed by atoms with van der Waals surface area (Å²) in [4.78, 5) is 11.3. The summed E-state index contributed by atoms with van der Waals surface area (Å²) in [5.41, 5.74) is 6.99. The van der Waals surface area contributed by atoms with E-state index in [1.54, 1.807) is 12.5 Å². The molecule has 104 valence electrons. The fourth-order valence-electron chi connectivity index (χ4n) is 1.53. The third-order valence-electron chi connectivity index (χ3n) is 2.87. The van der Waals surface area contributed by atoms with E-state index in [1.165, 1.54) is 0 Å². The van der Waals surface area contributed by atoms with Crippen LogP contribution >= 0.6 is 11.8 Å². The second-order valence-electron chi connectivity index (χ2n) is 4.47. The average Bonchev–Trinajstić information content (AvgIpc) is 3.06. The number of hydrogen-bond donors (Lipinski definition) is 2. The maximum absolute atomic E-state index is 6.03. The molecule has 19 heavy (non-hydrogen) atoms. The van der Waals surface area contributed by atoms with E-state index in [9.17, 15) is 0 Å². The van der Waals surface area contributed by atoms with Crippen molar-refractivity contribution in [1.82, 2.24) is 20.1 Å². The topological polar surface area (TPSA) is 93.6 Å². The Morgan fingerprint density at radius 2 is 2.37 bits per heavy atom. The SMILES string of the molecule is CCC(C)SCc1noc([C@@H](N)Cc2cnc[nH]2)n1. The van der Waals surface area contributed by atoms with E-state index < -0.39 is 0 Å². The molecule has 0 fully saturated rings. The molecule has 0 aromatic carbocycles. The minimum Gasteiger partial charge on any atom is -0.348 e. The van der Waals surface area contributed by atoms with E-state index in [-0.39, 0.29) is 6.04 Å². The van der Waals surface area contributed by atoms with Crippen molar-refractivity contribution in [3.63, 3.8) is 0 Å². The van der Waals surface area contributed by atoms with E-state index >= 15 is 0 Å². The van der Waals surface area contributed by atoms with Crippen LogP contribution in [0.15, 0.2) is 17.0 Å².